The molecule has 1 aromatic carbocycles. The van der Waals surface area contributed by atoms with Crippen LogP contribution in [-0.4, -0.2) is 176 Å². The molecule has 17 heteroatoms. The molecule has 3 aromatic heterocycles. The number of aromatic nitrogens is 3. The van der Waals surface area contributed by atoms with E-state index in [1.54, 1.807) is 12.1 Å². The van der Waals surface area contributed by atoms with Gasteiger partial charge in [-0.2, -0.15) is 0 Å². The fraction of sp³-hybridized carbons (Fsp3) is 0.682. The van der Waals surface area contributed by atoms with Crippen molar-refractivity contribution in [1.82, 2.24) is 45.0 Å². The van der Waals surface area contributed by atoms with Crippen LogP contribution < -0.4 is 15.6 Å². The number of hydrazine groups is 1. The van der Waals surface area contributed by atoms with Gasteiger partial charge in [0.2, 0.25) is 5.91 Å². The number of methoxy groups -OCH3 is 1. The minimum absolute atomic E-state index is 0.0240. The summed E-state index contributed by atoms with van der Waals surface area (Å²) in [7, 11) is 1.72. The number of morpholine rings is 1. The van der Waals surface area contributed by atoms with Gasteiger partial charge >= 0.3 is 0 Å². The van der Waals surface area contributed by atoms with E-state index in [1.807, 2.05) is 31.5 Å². The van der Waals surface area contributed by atoms with E-state index in [0.717, 1.165) is 120 Å². The fourth-order valence-corrected chi connectivity index (χ4v) is 14.0. The molecule has 83 heavy (non-hydrogen) atoms. The molecule has 0 bridgehead atoms. The number of aryl methyl sites for hydroxylation is 2. The Morgan fingerprint density at radius 3 is 2.30 bits per heavy atom. The van der Waals surface area contributed by atoms with Gasteiger partial charge in [0.15, 0.2) is 0 Å². The molecule has 8 heterocycles. The summed E-state index contributed by atoms with van der Waals surface area (Å²) in [6, 6.07) is 15.4. The van der Waals surface area contributed by atoms with E-state index < -0.39 is 6.04 Å². The molecule has 4 aromatic rings. The first-order valence-electron chi connectivity index (χ1n) is 31.7. The van der Waals surface area contributed by atoms with Crippen LogP contribution in [0.1, 0.15) is 141 Å². The zero-order valence-corrected chi connectivity index (χ0v) is 52.0. The molecular weight excluding hydrogens is 1040 g/mol. The van der Waals surface area contributed by atoms with Gasteiger partial charge in [-0.05, 0) is 157 Å². The van der Waals surface area contributed by atoms with Crippen molar-refractivity contribution in [1.29, 1.82) is 0 Å². The Kier molecular flexibility index (Phi) is 21.4. The fourth-order valence-electron chi connectivity index (χ4n) is 14.0. The summed E-state index contributed by atoms with van der Waals surface area (Å²) in [6.45, 7) is 33.4. The molecule has 2 amide bonds. The summed E-state index contributed by atoms with van der Waals surface area (Å²) in [5, 5.41) is 6.21. The van der Waals surface area contributed by atoms with Crippen LogP contribution in [0.3, 0.4) is 0 Å². The normalized spacial score (nSPS) is 22.5. The van der Waals surface area contributed by atoms with Gasteiger partial charge < -0.3 is 38.6 Å². The number of hydrogen-bond acceptors (Lipinski definition) is 14. The summed E-state index contributed by atoms with van der Waals surface area (Å²) in [5.74, 6) is 1.24. The number of nitrogens with one attached hydrogen (secondary N) is 2. The molecule has 11 rings (SSSR count). The second-order valence-corrected chi connectivity index (χ2v) is 26.1. The first-order valence-corrected chi connectivity index (χ1v) is 31.7. The predicted octanol–water partition coefficient (Wildman–Crippen LogP) is 9.02. The number of pyridine rings is 2. The minimum atomic E-state index is -0.565. The summed E-state index contributed by atoms with van der Waals surface area (Å²) in [6.07, 6.45) is 14.4. The van der Waals surface area contributed by atoms with Crippen molar-refractivity contribution in [2.45, 2.75) is 157 Å². The van der Waals surface area contributed by atoms with Gasteiger partial charge in [0.1, 0.15) is 6.04 Å². The molecule has 6 unspecified atom stereocenters. The molecule has 1 spiro atoms. The van der Waals surface area contributed by atoms with Crippen LogP contribution >= 0.6 is 0 Å². The molecule has 2 saturated carbocycles. The van der Waals surface area contributed by atoms with Crippen LogP contribution in [0.25, 0.3) is 22.2 Å². The Morgan fingerprint density at radius 2 is 1.71 bits per heavy atom. The smallest absolute Gasteiger partial charge is 0.293 e. The maximum absolute atomic E-state index is 14.1. The number of fused-ring (bicyclic) bond motifs is 2. The lowest BCUT2D eigenvalue weighted by atomic mass is 9.72. The van der Waals surface area contributed by atoms with Crippen molar-refractivity contribution in [3.8, 4) is 11.3 Å². The van der Waals surface area contributed by atoms with Gasteiger partial charge in [-0.3, -0.25) is 39.2 Å². The molecular formula is C66H100N10O7. The van der Waals surface area contributed by atoms with Crippen LogP contribution in [0, 0.1) is 35.5 Å². The van der Waals surface area contributed by atoms with Crippen molar-refractivity contribution in [2.24, 2.45) is 28.6 Å². The van der Waals surface area contributed by atoms with E-state index in [0.29, 0.717) is 38.0 Å². The average molecular weight is 1150 g/mol. The lowest BCUT2D eigenvalue weighted by molar-refractivity contribution is -0.191. The highest BCUT2D eigenvalue weighted by Gasteiger charge is 2.53. The average Bonchev–Trinajstić information content (AvgIpc) is 3.23. The van der Waals surface area contributed by atoms with E-state index >= 15 is 0 Å². The summed E-state index contributed by atoms with van der Waals surface area (Å²) in [5.41, 5.74) is 12.3. The quantitative estimate of drug-likeness (QED) is 0.0678. The molecule has 7 fully saturated rings. The first kappa shape index (κ1) is 62.5. The highest BCUT2D eigenvalue weighted by molar-refractivity contribution is 5.95. The first-order chi connectivity index (χ1) is 40.1. The topological polar surface area (TPSA) is 159 Å². The maximum atomic E-state index is 14.1. The maximum Gasteiger partial charge on any atom is 0.293 e. The Hall–Kier alpha value is -5.01. The molecule has 2 N–H and O–H groups in total. The third-order valence-electron chi connectivity index (χ3n) is 18.5. The molecule has 6 atom stereocenters. The number of ether oxygens (including phenoxy) is 4. The number of amides is 2. The monoisotopic (exact) mass is 1140 g/mol. The third kappa shape index (κ3) is 14.8. The number of likely N-dealkylation sites (tertiary alicyclic amines) is 2. The van der Waals surface area contributed by atoms with Gasteiger partial charge in [0.05, 0.1) is 68.3 Å². The highest BCUT2D eigenvalue weighted by atomic mass is 16.5. The van der Waals surface area contributed by atoms with Crippen LogP contribution in [0.5, 0.6) is 0 Å². The number of anilines is 1. The van der Waals surface area contributed by atoms with E-state index in [-0.39, 0.29) is 46.7 Å². The second kappa shape index (κ2) is 28.5. The third-order valence-corrected chi connectivity index (χ3v) is 18.5. The number of benzene rings is 1. The summed E-state index contributed by atoms with van der Waals surface area (Å²) < 4.78 is 24.4. The van der Waals surface area contributed by atoms with Crippen molar-refractivity contribution < 1.29 is 33.3 Å². The second-order valence-electron chi connectivity index (χ2n) is 26.1. The summed E-state index contributed by atoms with van der Waals surface area (Å²) in [4.78, 5) is 58.0. The van der Waals surface area contributed by atoms with Crippen molar-refractivity contribution >= 4 is 34.9 Å². The SMILES string of the molecule is CC(C)C(C(=O)NC(CN1CC2(COC2)C1)C(=O)N1CCCCN1)N1CC2CCC2C1c1ccccn1.CCCN(CCC)C1CC1.CCn1c(-c2cc(C)cnc2C(C)OC)c(CC(C)(C)COC=O)c2cc(N3CCOCC3)ccc21. The Bertz CT molecular complexity index is 2740. The van der Waals surface area contributed by atoms with E-state index in [4.69, 9.17) is 28.9 Å². The highest BCUT2D eigenvalue weighted by Crippen LogP contribution is 2.53. The zero-order valence-electron chi connectivity index (χ0n) is 52.0. The Morgan fingerprint density at radius 1 is 0.952 bits per heavy atom. The standard InChI is InChI=1S/C29H39N3O4.C28H42N6O3.C9H19N/c1-7-32-26-9-8-22(31-10-12-35-13-11-31)15-23(26)25(16-29(4,5)18-36-19-33)28(32)24-14-20(2)17-30-27(24)21(3)34-6;1-19(2)24(33-13-20-8-9-21(20)25(33)22-7-3-4-10-29-22)26(35)31-23(27(36)34-12-6-5-11-30-34)14-32-15-28(16-32)17-37-18-28;1-3-7-10(8-4-2)9-5-6-9/h8-9,14-15,17,19,21H,7,10-13,16,18H2,1-6H3;3-4,7,10,19-21,23-25,30H,5-6,8-9,11-18H2,1-2H3,(H,31,35);9H,3-8H2,1-2H3. The van der Waals surface area contributed by atoms with Crippen LogP contribution in [0.4, 0.5) is 5.69 Å². The van der Waals surface area contributed by atoms with Gasteiger partial charge in [0.25, 0.3) is 12.4 Å². The van der Waals surface area contributed by atoms with Gasteiger partial charge in [-0.15, -0.1) is 0 Å². The zero-order chi connectivity index (χ0) is 58.8. The van der Waals surface area contributed by atoms with Gasteiger partial charge in [-0.25, -0.2) is 5.43 Å². The number of carbonyl (C=O) groups excluding carboxylic acids is 3. The lowest BCUT2D eigenvalue weighted by Crippen LogP contribution is -2.69. The summed E-state index contributed by atoms with van der Waals surface area (Å²) >= 11 is 0. The van der Waals surface area contributed by atoms with Gasteiger partial charge in [0, 0.05) is 117 Å². The molecule has 0 radical (unpaired) electrons. The lowest BCUT2D eigenvalue weighted by Gasteiger charge is -2.55. The van der Waals surface area contributed by atoms with E-state index in [9.17, 15) is 14.4 Å². The number of hydrogen-bond donors (Lipinski definition) is 2. The van der Waals surface area contributed by atoms with Crippen LogP contribution in [-0.2, 0) is 46.3 Å². The number of nitrogens with zero attached hydrogens (tertiary/aromatic N) is 8. The Balaban J connectivity index is 0.000000171. The Labute approximate surface area is 495 Å². The molecule has 456 valence electrons. The largest absolute Gasteiger partial charge is 0.467 e. The number of rotatable bonds is 23. The molecule has 5 saturated heterocycles. The molecule has 7 aliphatic rings. The predicted molar refractivity (Wildman–Crippen MR) is 328 cm³/mol. The van der Waals surface area contributed by atoms with Crippen molar-refractivity contribution in [2.75, 3.05) is 110 Å². The van der Waals surface area contributed by atoms with Gasteiger partial charge in [-0.1, -0.05) is 47.6 Å². The molecule has 2 aliphatic carbocycles. The van der Waals surface area contributed by atoms with Crippen molar-refractivity contribution in [3.63, 3.8) is 0 Å². The van der Waals surface area contributed by atoms with E-state index in [1.165, 1.54) is 79.5 Å². The van der Waals surface area contributed by atoms with Crippen LogP contribution in [0.15, 0.2) is 54.9 Å². The van der Waals surface area contributed by atoms with Crippen molar-refractivity contribution in [3.05, 3.63) is 77.4 Å². The van der Waals surface area contributed by atoms with Crippen LogP contribution in [0.2, 0.25) is 0 Å². The van der Waals surface area contributed by atoms with E-state index in [2.05, 4.69) is 121 Å². The molecule has 17 nitrogen and oxygen atoms in total. The minimum Gasteiger partial charge on any atom is -0.467 e. The molecule has 5 aliphatic heterocycles. The number of carbonyl (C=O) groups is 3.